The molecule has 2 amide bonds. The van der Waals surface area contributed by atoms with Crippen LogP contribution in [0, 0.1) is 0 Å². The highest BCUT2D eigenvalue weighted by Gasteiger charge is 2.07. The first-order chi connectivity index (χ1) is 8.50. The summed E-state index contributed by atoms with van der Waals surface area (Å²) in [7, 11) is 0. The van der Waals surface area contributed by atoms with Crippen molar-refractivity contribution in [2.45, 2.75) is 13.0 Å². The molecule has 0 heterocycles. The van der Waals surface area contributed by atoms with E-state index in [-0.39, 0.29) is 11.8 Å². The Labute approximate surface area is 111 Å². The summed E-state index contributed by atoms with van der Waals surface area (Å²) in [6, 6.07) is 6.02. The van der Waals surface area contributed by atoms with E-state index in [2.05, 4.69) is 10.6 Å². The molecular formula is C12H16ClN3O2. The molecule has 6 heteroatoms. The number of hydrogen-bond acceptors (Lipinski definition) is 3. The predicted octanol–water partition coefficient (Wildman–Crippen LogP) is 0.533. The van der Waals surface area contributed by atoms with Gasteiger partial charge in [-0.2, -0.15) is 0 Å². The zero-order chi connectivity index (χ0) is 13.5. The molecule has 0 saturated carbocycles. The highest BCUT2D eigenvalue weighted by Crippen LogP contribution is 2.08. The fourth-order valence-electron chi connectivity index (χ4n) is 1.23. The molecule has 0 aliphatic rings. The highest BCUT2D eigenvalue weighted by molar-refractivity contribution is 6.30. The van der Waals surface area contributed by atoms with Crippen molar-refractivity contribution in [3.8, 4) is 0 Å². The standard InChI is InChI=1S/C12H16ClN3O2/c1-8(14)11(17)15-6-7-16-12(18)9-2-4-10(13)5-3-9/h2-5,8H,6-7,14H2,1H3,(H,15,17)(H,16,18)/t8-/m1/s1. The van der Waals surface area contributed by atoms with Crippen LogP contribution in [0.25, 0.3) is 0 Å². The topological polar surface area (TPSA) is 84.2 Å². The molecule has 0 fully saturated rings. The van der Waals surface area contributed by atoms with Crippen molar-refractivity contribution < 1.29 is 9.59 Å². The third kappa shape index (κ3) is 4.73. The first kappa shape index (κ1) is 14.5. The van der Waals surface area contributed by atoms with Gasteiger partial charge in [-0.05, 0) is 31.2 Å². The maximum atomic E-state index is 11.6. The Kier molecular flexibility index (Phi) is 5.61. The Morgan fingerprint density at radius 1 is 1.22 bits per heavy atom. The number of hydrogen-bond donors (Lipinski definition) is 3. The number of halogens is 1. The van der Waals surface area contributed by atoms with Gasteiger partial charge in [-0.1, -0.05) is 11.6 Å². The lowest BCUT2D eigenvalue weighted by Crippen LogP contribution is -2.42. The Morgan fingerprint density at radius 3 is 2.33 bits per heavy atom. The van der Waals surface area contributed by atoms with Gasteiger partial charge in [-0.25, -0.2) is 0 Å². The zero-order valence-electron chi connectivity index (χ0n) is 10.1. The van der Waals surface area contributed by atoms with E-state index in [9.17, 15) is 9.59 Å². The van der Waals surface area contributed by atoms with Gasteiger partial charge in [-0.3, -0.25) is 9.59 Å². The molecule has 4 N–H and O–H groups in total. The fourth-order valence-corrected chi connectivity index (χ4v) is 1.35. The molecule has 18 heavy (non-hydrogen) atoms. The number of amides is 2. The second-order valence-electron chi connectivity index (χ2n) is 3.84. The molecule has 0 aromatic heterocycles. The second kappa shape index (κ2) is 6.98. The Bertz CT molecular complexity index is 418. The van der Waals surface area contributed by atoms with Crippen molar-refractivity contribution in [2.75, 3.05) is 13.1 Å². The van der Waals surface area contributed by atoms with Crippen LogP contribution in [-0.4, -0.2) is 30.9 Å². The largest absolute Gasteiger partial charge is 0.353 e. The molecule has 1 aromatic rings. The lowest BCUT2D eigenvalue weighted by molar-refractivity contribution is -0.121. The lowest BCUT2D eigenvalue weighted by Gasteiger charge is -2.08. The van der Waals surface area contributed by atoms with Gasteiger partial charge in [0.05, 0.1) is 6.04 Å². The van der Waals surface area contributed by atoms with Crippen LogP contribution in [0.4, 0.5) is 0 Å². The van der Waals surface area contributed by atoms with Gasteiger partial charge in [-0.15, -0.1) is 0 Å². The minimum Gasteiger partial charge on any atom is -0.353 e. The number of carbonyl (C=O) groups excluding carboxylic acids is 2. The van der Waals surface area contributed by atoms with Crippen molar-refractivity contribution in [1.29, 1.82) is 0 Å². The maximum Gasteiger partial charge on any atom is 0.251 e. The third-order valence-corrected chi connectivity index (χ3v) is 2.48. The van der Waals surface area contributed by atoms with Gasteiger partial charge in [0, 0.05) is 23.7 Å². The Balaban J connectivity index is 2.29. The first-order valence-corrected chi connectivity index (χ1v) is 5.95. The minimum absolute atomic E-state index is 0.207. The predicted molar refractivity (Wildman–Crippen MR) is 70.4 cm³/mol. The number of benzene rings is 1. The van der Waals surface area contributed by atoms with Crippen LogP contribution in [0.1, 0.15) is 17.3 Å². The fraction of sp³-hybridized carbons (Fsp3) is 0.333. The van der Waals surface area contributed by atoms with Gasteiger partial charge in [0.2, 0.25) is 5.91 Å². The van der Waals surface area contributed by atoms with Crippen LogP contribution < -0.4 is 16.4 Å². The molecular weight excluding hydrogens is 254 g/mol. The normalized spacial score (nSPS) is 11.7. The SMILES string of the molecule is C[C@@H](N)C(=O)NCCNC(=O)c1ccc(Cl)cc1. The molecule has 1 atom stereocenters. The number of nitrogens with two attached hydrogens (primary N) is 1. The molecule has 1 rings (SSSR count). The van der Waals surface area contributed by atoms with Crippen LogP contribution in [0.2, 0.25) is 5.02 Å². The van der Waals surface area contributed by atoms with E-state index in [1.165, 1.54) is 0 Å². The van der Waals surface area contributed by atoms with E-state index in [0.717, 1.165) is 0 Å². The summed E-state index contributed by atoms with van der Waals surface area (Å²) in [6.07, 6.45) is 0. The molecule has 0 unspecified atom stereocenters. The van der Waals surface area contributed by atoms with Crippen molar-refractivity contribution in [2.24, 2.45) is 5.73 Å². The van der Waals surface area contributed by atoms with Crippen LogP contribution in [0.5, 0.6) is 0 Å². The molecule has 0 bridgehead atoms. The summed E-state index contributed by atoms with van der Waals surface area (Å²) in [4.78, 5) is 22.8. The van der Waals surface area contributed by atoms with Crippen LogP contribution in [0.3, 0.4) is 0 Å². The van der Waals surface area contributed by atoms with Gasteiger partial charge >= 0.3 is 0 Å². The minimum atomic E-state index is -0.544. The Morgan fingerprint density at radius 2 is 1.78 bits per heavy atom. The number of rotatable bonds is 5. The summed E-state index contributed by atoms with van der Waals surface area (Å²) in [5.74, 6) is -0.447. The molecule has 0 spiro atoms. The quantitative estimate of drug-likeness (QED) is 0.682. The molecule has 1 aromatic carbocycles. The molecule has 0 saturated heterocycles. The lowest BCUT2D eigenvalue weighted by atomic mass is 10.2. The maximum absolute atomic E-state index is 11.6. The molecule has 0 aliphatic carbocycles. The van der Waals surface area contributed by atoms with Crippen LogP contribution in [0.15, 0.2) is 24.3 Å². The second-order valence-corrected chi connectivity index (χ2v) is 4.28. The van der Waals surface area contributed by atoms with E-state index >= 15 is 0 Å². The van der Waals surface area contributed by atoms with E-state index in [1.54, 1.807) is 31.2 Å². The Hall–Kier alpha value is -1.59. The van der Waals surface area contributed by atoms with E-state index in [1.807, 2.05) is 0 Å². The first-order valence-electron chi connectivity index (χ1n) is 5.58. The summed E-state index contributed by atoms with van der Waals surface area (Å²) >= 11 is 5.72. The van der Waals surface area contributed by atoms with Crippen LogP contribution >= 0.6 is 11.6 Å². The van der Waals surface area contributed by atoms with Crippen molar-refractivity contribution in [3.05, 3.63) is 34.9 Å². The van der Waals surface area contributed by atoms with E-state index in [4.69, 9.17) is 17.3 Å². The summed E-state index contributed by atoms with van der Waals surface area (Å²) in [6.45, 7) is 2.29. The smallest absolute Gasteiger partial charge is 0.251 e. The summed E-state index contributed by atoms with van der Waals surface area (Å²) in [5.41, 5.74) is 5.90. The average molecular weight is 270 g/mol. The van der Waals surface area contributed by atoms with E-state index in [0.29, 0.717) is 23.7 Å². The van der Waals surface area contributed by atoms with Gasteiger partial charge in [0.25, 0.3) is 5.91 Å². The molecule has 0 aliphatic heterocycles. The van der Waals surface area contributed by atoms with Crippen molar-refractivity contribution in [1.82, 2.24) is 10.6 Å². The monoisotopic (exact) mass is 269 g/mol. The summed E-state index contributed by atoms with van der Waals surface area (Å²) < 4.78 is 0. The zero-order valence-corrected chi connectivity index (χ0v) is 10.8. The number of carbonyl (C=O) groups is 2. The average Bonchev–Trinajstić information content (AvgIpc) is 2.34. The third-order valence-electron chi connectivity index (χ3n) is 2.23. The van der Waals surface area contributed by atoms with Crippen molar-refractivity contribution >= 4 is 23.4 Å². The van der Waals surface area contributed by atoms with Gasteiger partial charge in [0.1, 0.15) is 0 Å². The molecule has 0 radical (unpaired) electrons. The number of nitrogens with one attached hydrogen (secondary N) is 2. The van der Waals surface area contributed by atoms with Crippen molar-refractivity contribution in [3.63, 3.8) is 0 Å². The highest BCUT2D eigenvalue weighted by atomic mass is 35.5. The van der Waals surface area contributed by atoms with Crippen LogP contribution in [-0.2, 0) is 4.79 Å². The molecule has 5 nitrogen and oxygen atoms in total. The van der Waals surface area contributed by atoms with Gasteiger partial charge < -0.3 is 16.4 Å². The molecule has 98 valence electrons. The van der Waals surface area contributed by atoms with Gasteiger partial charge in [0.15, 0.2) is 0 Å². The summed E-state index contributed by atoms with van der Waals surface area (Å²) in [5, 5.41) is 5.85. The van der Waals surface area contributed by atoms with E-state index < -0.39 is 6.04 Å².